The zero-order valence-corrected chi connectivity index (χ0v) is 15.6. The first-order valence-electron chi connectivity index (χ1n) is 9.62. The molecular weight excluding hydrogens is 330 g/mol. The fraction of sp³-hybridized carbons (Fsp3) is 0.600. The lowest BCUT2D eigenvalue weighted by molar-refractivity contribution is -0.134. The molecule has 1 aromatic rings. The Bertz CT molecular complexity index is 611. The van der Waals surface area contributed by atoms with Gasteiger partial charge in [0.25, 0.3) is 5.91 Å². The van der Waals surface area contributed by atoms with E-state index in [4.69, 9.17) is 4.74 Å². The largest absolute Gasteiger partial charge is 0.484 e. The highest BCUT2D eigenvalue weighted by Crippen LogP contribution is 2.16. The lowest BCUT2D eigenvalue weighted by atomic mass is 10.1. The van der Waals surface area contributed by atoms with E-state index in [2.05, 4.69) is 17.1 Å². The van der Waals surface area contributed by atoms with Crippen molar-refractivity contribution in [3.05, 3.63) is 29.8 Å². The number of nitrogens with zero attached hydrogens (tertiary/aromatic N) is 2. The summed E-state index contributed by atoms with van der Waals surface area (Å²) in [6.07, 6.45) is 3.95. The van der Waals surface area contributed by atoms with Crippen LogP contribution in [0.2, 0.25) is 0 Å². The summed E-state index contributed by atoms with van der Waals surface area (Å²) in [6, 6.07) is 8.23. The molecule has 0 saturated carbocycles. The van der Waals surface area contributed by atoms with E-state index in [1.54, 1.807) is 0 Å². The molecule has 2 aliphatic rings. The standard InChI is InChI=1S/C20H29N3O3/c1-16-13-21-19(24)9-12-23(16)14-17-5-7-18(8-6-17)26-15-20(25)22-10-3-2-4-11-22/h5-8,16H,2-4,9-15H2,1H3,(H,21,24)/t16-/m0/s1. The summed E-state index contributed by atoms with van der Waals surface area (Å²) in [5.74, 6) is 0.922. The molecule has 0 bridgehead atoms. The summed E-state index contributed by atoms with van der Waals surface area (Å²) in [4.78, 5) is 27.9. The van der Waals surface area contributed by atoms with Crippen LogP contribution in [0.4, 0.5) is 0 Å². The smallest absolute Gasteiger partial charge is 0.260 e. The van der Waals surface area contributed by atoms with E-state index in [0.717, 1.165) is 44.8 Å². The van der Waals surface area contributed by atoms with Crippen LogP contribution in [0.3, 0.4) is 0 Å². The van der Waals surface area contributed by atoms with Crippen molar-refractivity contribution >= 4 is 11.8 Å². The van der Waals surface area contributed by atoms with Crippen molar-refractivity contribution in [3.63, 3.8) is 0 Å². The fourth-order valence-corrected chi connectivity index (χ4v) is 3.48. The maximum atomic E-state index is 12.2. The Balaban J connectivity index is 1.48. The van der Waals surface area contributed by atoms with E-state index in [1.165, 1.54) is 12.0 Å². The molecule has 0 spiro atoms. The Hall–Kier alpha value is -2.08. The highest BCUT2D eigenvalue weighted by atomic mass is 16.5. The van der Waals surface area contributed by atoms with Crippen molar-refractivity contribution in [1.82, 2.24) is 15.1 Å². The van der Waals surface area contributed by atoms with Crippen LogP contribution in [0.1, 0.15) is 38.2 Å². The van der Waals surface area contributed by atoms with Crippen LogP contribution in [0.15, 0.2) is 24.3 Å². The number of nitrogens with one attached hydrogen (secondary N) is 1. The van der Waals surface area contributed by atoms with E-state index in [1.807, 2.05) is 29.2 Å². The number of benzene rings is 1. The molecule has 2 amide bonds. The molecule has 6 heteroatoms. The topological polar surface area (TPSA) is 61.9 Å². The monoisotopic (exact) mass is 359 g/mol. The first-order valence-corrected chi connectivity index (χ1v) is 9.62. The average Bonchev–Trinajstić information content (AvgIpc) is 2.83. The molecule has 2 heterocycles. The van der Waals surface area contributed by atoms with Gasteiger partial charge in [0.05, 0.1) is 0 Å². The average molecular weight is 359 g/mol. The van der Waals surface area contributed by atoms with Gasteiger partial charge in [-0.2, -0.15) is 0 Å². The van der Waals surface area contributed by atoms with Crippen molar-refractivity contribution in [2.24, 2.45) is 0 Å². The Labute approximate surface area is 155 Å². The van der Waals surface area contributed by atoms with Gasteiger partial charge < -0.3 is 15.0 Å². The molecule has 1 N–H and O–H groups in total. The molecular formula is C20H29N3O3. The van der Waals surface area contributed by atoms with Crippen molar-refractivity contribution in [2.45, 2.75) is 45.2 Å². The number of rotatable bonds is 5. The molecule has 2 aliphatic heterocycles. The molecule has 2 saturated heterocycles. The summed E-state index contributed by atoms with van der Waals surface area (Å²) in [5, 5.41) is 2.94. The number of carbonyl (C=O) groups excluding carboxylic acids is 2. The maximum Gasteiger partial charge on any atom is 0.260 e. The molecule has 1 aromatic carbocycles. The summed E-state index contributed by atoms with van der Waals surface area (Å²) < 4.78 is 5.66. The number of amides is 2. The first-order chi connectivity index (χ1) is 12.6. The van der Waals surface area contributed by atoms with Gasteiger partial charge in [-0.3, -0.25) is 14.5 Å². The molecule has 0 radical (unpaired) electrons. The number of likely N-dealkylation sites (tertiary alicyclic amines) is 1. The van der Waals surface area contributed by atoms with E-state index < -0.39 is 0 Å². The summed E-state index contributed by atoms with van der Waals surface area (Å²) in [7, 11) is 0. The van der Waals surface area contributed by atoms with Gasteiger partial charge in [0, 0.05) is 45.2 Å². The fourth-order valence-electron chi connectivity index (χ4n) is 3.48. The van der Waals surface area contributed by atoms with E-state index in [9.17, 15) is 9.59 Å². The molecule has 2 fully saturated rings. The molecule has 0 aliphatic carbocycles. The minimum atomic E-state index is 0.0735. The second kappa shape index (κ2) is 9.03. The number of hydrogen-bond donors (Lipinski definition) is 1. The highest BCUT2D eigenvalue weighted by Gasteiger charge is 2.20. The van der Waals surface area contributed by atoms with Crippen molar-refractivity contribution in [3.8, 4) is 5.75 Å². The lowest BCUT2D eigenvalue weighted by Gasteiger charge is -2.27. The van der Waals surface area contributed by atoms with Crippen LogP contribution >= 0.6 is 0 Å². The van der Waals surface area contributed by atoms with Gasteiger partial charge in [0.2, 0.25) is 5.91 Å². The molecule has 3 rings (SSSR count). The highest BCUT2D eigenvalue weighted by molar-refractivity contribution is 5.77. The molecule has 0 aromatic heterocycles. The zero-order valence-electron chi connectivity index (χ0n) is 15.6. The van der Waals surface area contributed by atoms with Crippen LogP contribution in [-0.2, 0) is 16.1 Å². The third-order valence-corrected chi connectivity index (χ3v) is 5.22. The van der Waals surface area contributed by atoms with Gasteiger partial charge in [-0.15, -0.1) is 0 Å². The van der Waals surface area contributed by atoms with Crippen LogP contribution in [0.25, 0.3) is 0 Å². The molecule has 1 atom stereocenters. The maximum absolute atomic E-state index is 12.2. The summed E-state index contributed by atoms with van der Waals surface area (Å²) in [5.41, 5.74) is 1.18. The number of hydrogen-bond acceptors (Lipinski definition) is 4. The lowest BCUT2D eigenvalue weighted by Crippen LogP contribution is -2.38. The second-order valence-electron chi connectivity index (χ2n) is 7.25. The van der Waals surface area contributed by atoms with Crippen molar-refractivity contribution < 1.29 is 14.3 Å². The zero-order chi connectivity index (χ0) is 18.4. The van der Waals surface area contributed by atoms with Crippen molar-refractivity contribution in [1.29, 1.82) is 0 Å². The number of piperidine rings is 1. The van der Waals surface area contributed by atoms with Gasteiger partial charge in [-0.05, 0) is 43.9 Å². The molecule has 26 heavy (non-hydrogen) atoms. The van der Waals surface area contributed by atoms with Gasteiger partial charge in [-0.25, -0.2) is 0 Å². The van der Waals surface area contributed by atoms with Crippen LogP contribution in [0, 0.1) is 0 Å². The Morgan fingerprint density at radius 3 is 2.62 bits per heavy atom. The Kier molecular flexibility index (Phi) is 6.50. The predicted octanol–water partition coefficient (Wildman–Crippen LogP) is 1.79. The van der Waals surface area contributed by atoms with Gasteiger partial charge >= 0.3 is 0 Å². The van der Waals surface area contributed by atoms with Crippen molar-refractivity contribution in [2.75, 3.05) is 32.8 Å². The first kappa shape index (κ1) is 18.7. The van der Waals surface area contributed by atoms with Gasteiger partial charge in [0.1, 0.15) is 5.75 Å². The predicted molar refractivity (Wildman–Crippen MR) is 99.9 cm³/mol. The van der Waals surface area contributed by atoms with Gasteiger partial charge in [-0.1, -0.05) is 12.1 Å². The third kappa shape index (κ3) is 5.21. The normalized spacial score (nSPS) is 21.8. The molecule has 0 unspecified atom stereocenters. The van der Waals surface area contributed by atoms with Crippen LogP contribution in [-0.4, -0.2) is 60.4 Å². The van der Waals surface area contributed by atoms with E-state index in [0.29, 0.717) is 19.0 Å². The summed E-state index contributed by atoms with van der Waals surface area (Å²) in [6.45, 7) is 6.22. The molecule has 6 nitrogen and oxygen atoms in total. The van der Waals surface area contributed by atoms with E-state index >= 15 is 0 Å². The van der Waals surface area contributed by atoms with Crippen LogP contribution in [0.5, 0.6) is 5.75 Å². The SMILES string of the molecule is C[C@H]1CNC(=O)CCN1Cc1ccc(OCC(=O)N2CCCCC2)cc1. The van der Waals surface area contributed by atoms with E-state index in [-0.39, 0.29) is 18.4 Å². The van der Waals surface area contributed by atoms with Gasteiger partial charge in [0.15, 0.2) is 6.61 Å². The number of carbonyl (C=O) groups is 2. The van der Waals surface area contributed by atoms with Crippen LogP contribution < -0.4 is 10.1 Å². The quantitative estimate of drug-likeness (QED) is 0.871. The third-order valence-electron chi connectivity index (χ3n) is 5.22. The Morgan fingerprint density at radius 1 is 1.15 bits per heavy atom. The second-order valence-corrected chi connectivity index (χ2v) is 7.25. The number of ether oxygens (including phenoxy) is 1. The minimum absolute atomic E-state index is 0.0735. The Morgan fingerprint density at radius 2 is 1.88 bits per heavy atom. The summed E-state index contributed by atoms with van der Waals surface area (Å²) >= 11 is 0. The minimum Gasteiger partial charge on any atom is -0.484 e. The molecule has 142 valence electrons.